The molecule has 1 heterocycles. The van der Waals surface area contributed by atoms with Gasteiger partial charge in [-0.05, 0) is 61.7 Å². The highest BCUT2D eigenvalue weighted by molar-refractivity contribution is 8.15. The maximum Gasteiger partial charge on any atom is 0.242 e. The molecule has 2 amide bonds. The van der Waals surface area contributed by atoms with E-state index in [2.05, 4.69) is 10.3 Å². The van der Waals surface area contributed by atoms with Gasteiger partial charge in [0.15, 0.2) is 5.17 Å². The molecule has 7 heteroatoms. The van der Waals surface area contributed by atoms with E-state index < -0.39 is 5.25 Å². The van der Waals surface area contributed by atoms with Crippen molar-refractivity contribution >= 4 is 51.7 Å². The van der Waals surface area contributed by atoms with E-state index >= 15 is 0 Å². The molecular formula is C21H22ClN3O2S. The van der Waals surface area contributed by atoms with Crippen molar-refractivity contribution in [2.45, 2.75) is 32.4 Å². The highest BCUT2D eigenvalue weighted by Gasteiger charge is 2.37. The number of nitrogens with zero attached hydrogens (tertiary/aromatic N) is 2. The molecule has 146 valence electrons. The number of carbonyl (C=O) groups excluding carboxylic acids is 2. The van der Waals surface area contributed by atoms with Crippen LogP contribution in [0.1, 0.15) is 23.1 Å². The van der Waals surface area contributed by atoms with Crippen LogP contribution in [-0.2, 0) is 9.59 Å². The number of amides is 2. The van der Waals surface area contributed by atoms with Crippen molar-refractivity contribution in [3.8, 4) is 0 Å². The summed E-state index contributed by atoms with van der Waals surface area (Å²) < 4.78 is 0. The first-order chi connectivity index (χ1) is 13.2. The summed E-state index contributed by atoms with van der Waals surface area (Å²) in [4.78, 5) is 31.1. The lowest BCUT2D eigenvalue weighted by Gasteiger charge is -2.11. The normalized spacial score (nSPS) is 18.0. The minimum Gasteiger partial charge on any atom is -0.326 e. The van der Waals surface area contributed by atoms with E-state index in [0.717, 1.165) is 16.8 Å². The Bertz CT molecular complexity index is 974. The number of rotatable bonds is 4. The summed E-state index contributed by atoms with van der Waals surface area (Å²) in [5, 5.41) is 3.51. The van der Waals surface area contributed by atoms with Gasteiger partial charge in [-0.25, -0.2) is 4.99 Å². The zero-order chi connectivity index (χ0) is 20.4. The quantitative estimate of drug-likeness (QED) is 0.775. The van der Waals surface area contributed by atoms with E-state index in [-0.39, 0.29) is 18.2 Å². The van der Waals surface area contributed by atoms with Gasteiger partial charge in [-0.3, -0.25) is 14.5 Å². The molecule has 1 aliphatic rings. The van der Waals surface area contributed by atoms with E-state index in [4.69, 9.17) is 11.6 Å². The van der Waals surface area contributed by atoms with Crippen LogP contribution in [-0.4, -0.2) is 34.2 Å². The maximum absolute atomic E-state index is 12.6. The summed E-state index contributed by atoms with van der Waals surface area (Å²) in [6.45, 7) is 5.96. The molecule has 1 unspecified atom stereocenters. The van der Waals surface area contributed by atoms with Crippen LogP contribution < -0.4 is 5.32 Å². The summed E-state index contributed by atoms with van der Waals surface area (Å²) in [6.07, 6.45) is 0.0751. The number of hydrogen-bond donors (Lipinski definition) is 1. The standard InChI is InChI=1S/C21H22ClN3O2S/c1-12-6-8-16(9-14(12)3)23-21-25(4)20(27)18(28-21)11-19(26)24-17-10-15(22)7-5-13(17)2/h5-10,18H,11H2,1-4H3,(H,24,26). The molecule has 28 heavy (non-hydrogen) atoms. The van der Waals surface area contributed by atoms with Crippen molar-refractivity contribution in [1.82, 2.24) is 4.90 Å². The summed E-state index contributed by atoms with van der Waals surface area (Å²) in [6, 6.07) is 11.2. The topological polar surface area (TPSA) is 61.8 Å². The lowest BCUT2D eigenvalue weighted by atomic mass is 10.1. The fraction of sp³-hybridized carbons (Fsp3) is 0.286. The number of aryl methyl sites for hydroxylation is 3. The Morgan fingerprint density at radius 3 is 2.57 bits per heavy atom. The number of aliphatic imine (C=N–C) groups is 1. The Labute approximate surface area is 174 Å². The number of hydrogen-bond acceptors (Lipinski definition) is 4. The van der Waals surface area contributed by atoms with Gasteiger partial charge < -0.3 is 5.32 Å². The molecule has 0 bridgehead atoms. The monoisotopic (exact) mass is 415 g/mol. The van der Waals surface area contributed by atoms with Crippen molar-refractivity contribution in [3.63, 3.8) is 0 Å². The van der Waals surface area contributed by atoms with Crippen LogP contribution in [0.4, 0.5) is 11.4 Å². The van der Waals surface area contributed by atoms with Crippen molar-refractivity contribution in [1.29, 1.82) is 0 Å². The van der Waals surface area contributed by atoms with Gasteiger partial charge in [0.1, 0.15) is 5.25 Å². The number of carbonyl (C=O) groups is 2. The number of amidine groups is 1. The first kappa shape index (κ1) is 20.4. The molecule has 0 aromatic heterocycles. The molecule has 5 nitrogen and oxygen atoms in total. The Balaban J connectivity index is 1.70. The zero-order valence-electron chi connectivity index (χ0n) is 16.2. The second-order valence-electron chi connectivity index (χ2n) is 6.88. The lowest BCUT2D eigenvalue weighted by Crippen LogP contribution is -2.30. The number of thioether (sulfide) groups is 1. The Morgan fingerprint density at radius 1 is 1.14 bits per heavy atom. The molecule has 3 rings (SSSR count). The molecule has 1 aliphatic heterocycles. The van der Waals surface area contributed by atoms with Crippen molar-refractivity contribution in [2.75, 3.05) is 12.4 Å². The average molecular weight is 416 g/mol. The van der Waals surface area contributed by atoms with E-state index in [1.165, 1.54) is 22.2 Å². The number of halogens is 1. The summed E-state index contributed by atoms with van der Waals surface area (Å²) >= 11 is 7.32. The summed E-state index contributed by atoms with van der Waals surface area (Å²) in [5.41, 5.74) is 4.71. The minimum atomic E-state index is -0.491. The second-order valence-corrected chi connectivity index (χ2v) is 8.48. The molecule has 1 N–H and O–H groups in total. The lowest BCUT2D eigenvalue weighted by molar-refractivity contribution is -0.127. The number of benzene rings is 2. The maximum atomic E-state index is 12.6. The molecule has 1 fully saturated rings. The third-order valence-corrected chi connectivity index (χ3v) is 6.16. The van der Waals surface area contributed by atoms with Crippen molar-refractivity contribution in [2.24, 2.45) is 4.99 Å². The Kier molecular flexibility index (Phi) is 6.10. The van der Waals surface area contributed by atoms with Crippen LogP contribution in [0, 0.1) is 20.8 Å². The highest BCUT2D eigenvalue weighted by atomic mass is 35.5. The number of anilines is 1. The van der Waals surface area contributed by atoms with Gasteiger partial charge in [0, 0.05) is 24.2 Å². The van der Waals surface area contributed by atoms with Gasteiger partial charge in [-0.2, -0.15) is 0 Å². The average Bonchev–Trinajstić information content (AvgIpc) is 2.89. The van der Waals surface area contributed by atoms with Crippen molar-refractivity contribution < 1.29 is 9.59 Å². The molecule has 0 radical (unpaired) electrons. The Hall–Kier alpha value is -2.31. The predicted octanol–water partition coefficient (Wildman–Crippen LogP) is 4.86. The smallest absolute Gasteiger partial charge is 0.242 e. The van der Waals surface area contributed by atoms with Crippen molar-refractivity contribution in [3.05, 3.63) is 58.1 Å². The first-order valence-corrected chi connectivity index (χ1v) is 10.2. The first-order valence-electron chi connectivity index (χ1n) is 8.91. The molecule has 0 saturated carbocycles. The predicted molar refractivity (Wildman–Crippen MR) is 117 cm³/mol. The van der Waals surface area contributed by atoms with Crippen LogP contribution in [0.25, 0.3) is 0 Å². The molecular weight excluding hydrogens is 394 g/mol. The third kappa shape index (κ3) is 4.56. The van der Waals surface area contributed by atoms with Gasteiger partial charge in [0.05, 0.1) is 5.69 Å². The highest BCUT2D eigenvalue weighted by Crippen LogP contribution is 2.31. The van der Waals surface area contributed by atoms with E-state index in [1.54, 1.807) is 19.2 Å². The molecule has 2 aromatic rings. The van der Waals surface area contributed by atoms with E-state index in [1.807, 2.05) is 45.0 Å². The van der Waals surface area contributed by atoms with Crippen LogP contribution >= 0.6 is 23.4 Å². The fourth-order valence-corrected chi connectivity index (χ4v) is 4.13. The van der Waals surface area contributed by atoms with Crippen LogP contribution in [0.5, 0.6) is 0 Å². The third-order valence-electron chi connectivity index (χ3n) is 4.70. The molecule has 1 saturated heterocycles. The van der Waals surface area contributed by atoms with Gasteiger partial charge in [0.25, 0.3) is 0 Å². The zero-order valence-corrected chi connectivity index (χ0v) is 17.8. The molecule has 0 spiro atoms. The molecule has 0 aliphatic carbocycles. The van der Waals surface area contributed by atoms with Gasteiger partial charge in [-0.15, -0.1) is 0 Å². The molecule has 2 aromatic carbocycles. The van der Waals surface area contributed by atoms with E-state index in [9.17, 15) is 9.59 Å². The van der Waals surface area contributed by atoms with Crippen LogP contribution in [0.3, 0.4) is 0 Å². The second kappa shape index (κ2) is 8.37. The SMILES string of the molecule is Cc1ccc(N=C2SC(CC(=O)Nc3cc(Cl)ccc3C)C(=O)N2C)cc1C. The van der Waals surface area contributed by atoms with Crippen LogP contribution in [0.2, 0.25) is 5.02 Å². The molecule has 1 atom stereocenters. The minimum absolute atomic E-state index is 0.0751. The Morgan fingerprint density at radius 2 is 1.86 bits per heavy atom. The van der Waals surface area contributed by atoms with Gasteiger partial charge >= 0.3 is 0 Å². The van der Waals surface area contributed by atoms with Gasteiger partial charge in [-0.1, -0.05) is 35.5 Å². The number of nitrogens with one attached hydrogen (secondary N) is 1. The largest absolute Gasteiger partial charge is 0.326 e. The van der Waals surface area contributed by atoms with Gasteiger partial charge in [0.2, 0.25) is 11.8 Å². The summed E-state index contributed by atoms with van der Waals surface area (Å²) in [5.74, 6) is -0.345. The fourth-order valence-electron chi connectivity index (χ4n) is 2.80. The summed E-state index contributed by atoms with van der Waals surface area (Å²) in [7, 11) is 1.69. The van der Waals surface area contributed by atoms with Crippen LogP contribution in [0.15, 0.2) is 41.4 Å². The van der Waals surface area contributed by atoms with E-state index in [0.29, 0.717) is 15.9 Å².